The van der Waals surface area contributed by atoms with Gasteiger partial charge in [-0.2, -0.15) is 0 Å². The zero-order valence-corrected chi connectivity index (χ0v) is 10.2. The molecule has 4 N–H and O–H groups in total. The van der Waals surface area contributed by atoms with Gasteiger partial charge in [-0.1, -0.05) is 0 Å². The number of methoxy groups -OCH3 is 2. The highest BCUT2D eigenvalue weighted by Gasteiger charge is 2.06. The van der Waals surface area contributed by atoms with Gasteiger partial charge in [-0.15, -0.1) is 0 Å². The van der Waals surface area contributed by atoms with Gasteiger partial charge in [0.2, 0.25) is 0 Å². The normalized spacial score (nSPS) is 12.1. The summed E-state index contributed by atoms with van der Waals surface area (Å²) in [5.74, 6) is 0.0747. The number of anilines is 1. The van der Waals surface area contributed by atoms with Gasteiger partial charge < -0.3 is 20.5 Å². The summed E-state index contributed by atoms with van der Waals surface area (Å²) < 4.78 is 10.3. The molecular weight excluding hydrogens is 218 g/mol. The zero-order chi connectivity index (χ0) is 12.7. The molecule has 0 fully saturated rings. The van der Waals surface area contributed by atoms with Crippen molar-refractivity contribution in [1.29, 1.82) is 5.41 Å². The third-order valence-corrected chi connectivity index (χ3v) is 2.42. The summed E-state index contributed by atoms with van der Waals surface area (Å²) in [7, 11) is 3.30. The van der Waals surface area contributed by atoms with Gasteiger partial charge >= 0.3 is 0 Å². The molecule has 17 heavy (non-hydrogen) atoms. The number of ether oxygens (including phenoxy) is 2. The van der Waals surface area contributed by atoms with Crippen molar-refractivity contribution in [3.8, 4) is 0 Å². The molecule has 0 saturated heterocycles. The van der Waals surface area contributed by atoms with Gasteiger partial charge in [0.25, 0.3) is 0 Å². The van der Waals surface area contributed by atoms with E-state index in [-0.39, 0.29) is 11.9 Å². The Morgan fingerprint density at radius 3 is 2.47 bits per heavy atom. The molecule has 0 aromatic heterocycles. The largest absolute Gasteiger partial charge is 0.384 e. The first-order valence-electron chi connectivity index (χ1n) is 5.37. The minimum Gasteiger partial charge on any atom is -0.384 e. The van der Waals surface area contributed by atoms with Gasteiger partial charge in [0.05, 0.1) is 12.7 Å². The van der Waals surface area contributed by atoms with E-state index >= 15 is 0 Å². The van der Waals surface area contributed by atoms with E-state index in [0.717, 1.165) is 11.3 Å². The summed E-state index contributed by atoms with van der Waals surface area (Å²) in [6, 6.07) is 7.39. The lowest BCUT2D eigenvalue weighted by Crippen LogP contribution is -2.26. The van der Waals surface area contributed by atoms with Crippen molar-refractivity contribution in [1.82, 2.24) is 0 Å². The van der Waals surface area contributed by atoms with Crippen molar-refractivity contribution in [2.24, 2.45) is 5.73 Å². The lowest BCUT2D eigenvalue weighted by atomic mass is 10.2. The summed E-state index contributed by atoms with van der Waals surface area (Å²) in [4.78, 5) is 0. The van der Waals surface area contributed by atoms with Crippen molar-refractivity contribution >= 4 is 11.5 Å². The topological polar surface area (TPSA) is 80.4 Å². The van der Waals surface area contributed by atoms with Crippen LogP contribution in [-0.2, 0) is 9.47 Å². The third-order valence-electron chi connectivity index (χ3n) is 2.42. The van der Waals surface area contributed by atoms with Crippen LogP contribution in [0.5, 0.6) is 0 Å². The molecule has 0 aliphatic heterocycles. The van der Waals surface area contributed by atoms with Crippen molar-refractivity contribution in [3.05, 3.63) is 29.8 Å². The molecule has 0 amide bonds. The molecule has 5 nitrogen and oxygen atoms in total. The maximum absolute atomic E-state index is 7.28. The van der Waals surface area contributed by atoms with Crippen molar-refractivity contribution in [2.45, 2.75) is 6.10 Å². The van der Waals surface area contributed by atoms with Gasteiger partial charge in [-0.3, -0.25) is 5.41 Å². The highest BCUT2D eigenvalue weighted by Crippen LogP contribution is 2.09. The number of hydrogen-bond donors (Lipinski definition) is 3. The number of amidine groups is 1. The molecule has 94 valence electrons. The standard InChI is InChI=1S/C12H19N3O2/c1-16-8-11(17-2)7-15-10-5-3-9(4-6-10)12(13)14/h3-6,11,15H,7-8H2,1-2H3,(H3,13,14). The van der Waals surface area contributed by atoms with Gasteiger partial charge in [0, 0.05) is 32.0 Å². The number of nitrogen functional groups attached to an aromatic ring is 1. The second-order valence-corrected chi connectivity index (χ2v) is 3.68. The molecule has 1 aromatic rings. The molecule has 0 bridgehead atoms. The lowest BCUT2D eigenvalue weighted by molar-refractivity contribution is 0.0365. The first-order valence-corrected chi connectivity index (χ1v) is 5.37. The van der Waals surface area contributed by atoms with Gasteiger partial charge in [0.1, 0.15) is 5.84 Å². The molecule has 0 radical (unpaired) electrons. The SMILES string of the molecule is COCC(CNc1ccc(C(=N)N)cc1)OC. The summed E-state index contributed by atoms with van der Waals surface area (Å²) in [6.07, 6.45) is 0.0208. The lowest BCUT2D eigenvalue weighted by Gasteiger charge is -2.15. The predicted octanol–water partition coefficient (Wildman–Crippen LogP) is 1.04. The maximum atomic E-state index is 7.28. The fraction of sp³-hybridized carbons (Fsp3) is 0.417. The van der Waals surface area contributed by atoms with Crippen molar-refractivity contribution < 1.29 is 9.47 Å². The van der Waals surface area contributed by atoms with Crippen LogP contribution in [-0.4, -0.2) is 39.3 Å². The van der Waals surface area contributed by atoms with Crippen LogP contribution in [0.4, 0.5) is 5.69 Å². The van der Waals surface area contributed by atoms with Crippen molar-refractivity contribution in [3.63, 3.8) is 0 Å². The van der Waals surface area contributed by atoms with Crippen LogP contribution in [0.3, 0.4) is 0 Å². The molecule has 0 spiro atoms. The summed E-state index contributed by atoms with van der Waals surface area (Å²) in [6.45, 7) is 1.22. The number of hydrogen-bond acceptors (Lipinski definition) is 4. The van der Waals surface area contributed by atoms with E-state index in [0.29, 0.717) is 13.2 Å². The van der Waals surface area contributed by atoms with Gasteiger partial charge in [0.15, 0.2) is 0 Å². The van der Waals surface area contributed by atoms with E-state index in [1.54, 1.807) is 14.2 Å². The molecule has 0 heterocycles. The third kappa shape index (κ3) is 4.42. The van der Waals surface area contributed by atoms with E-state index < -0.39 is 0 Å². The average Bonchev–Trinajstić information content (AvgIpc) is 2.35. The van der Waals surface area contributed by atoms with Crippen LogP contribution < -0.4 is 11.1 Å². The Hall–Kier alpha value is -1.59. The molecule has 1 atom stereocenters. The molecule has 1 rings (SSSR count). The zero-order valence-electron chi connectivity index (χ0n) is 10.2. The number of rotatable bonds is 7. The fourth-order valence-electron chi connectivity index (χ4n) is 1.40. The Morgan fingerprint density at radius 1 is 1.35 bits per heavy atom. The molecular formula is C12H19N3O2. The van der Waals surface area contributed by atoms with Gasteiger partial charge in [-0.05, 0) is 24.3 Å². The maximum Gasteiger partial charge on any atom is 0.122 e. The van der Waals surface area contributed by atoms with E-state index in [2.05, 4.69) is 5.32 Å². The monoisotopic (exact) mass is 237 g/mol. The molecule has 0 saturated carbocycles. The van der Waals surface area contributed by atoms with Gasteiger partial charge in [-0.25, -0.2) is 0 Å². The Bertz CT molecular complexity index is 351. The second kappa shape index (κ2) is 6.88. The average molecular weight is 237 g/mol. The molecule has 1 aromatic carbocycles. The predicted molar refractivity (Wildman–Crippen MR) is 68.6 cm³/mol. The van der Waals surface area contributed by atoms with Crippen LogP contribution in [0.25, 0.3) is 0 Å². The van der Waals surface area contributed by atoms with Crippen molar-refractivity contribution in [2.75, 3.05) is 32.7 Å². The minimum atomic E-state index is 0.0208. The first-order chi connectivity index (χ1) is 8.17. The molecule has 0 aliphatic carbocycles. The quantitative estimate of drug-likeness (QED) is 0.489. The fourth-order valence-corrected chi connectivity index (χ4v) is 1.40. The van der Waals surface area contributed by atoms with E-state index in [4.69, 9.17) is 20.6 Å². The molecule has 0 aliphatic rings. The van der Waals surface area contributed by atoms with Crippen LogP contribution >= 0.6 is 0 Å². The molecule has 5 heteroatoms. The van der Waals surface area contributed by atoms with Crippen LogP contribution in [0.1, 0.15) is 5.56 Å². The van der Waals surface area contributed by atoms with Crippen LogP contribution in [0.15, 0.2) is 24.3 Å². The minimum absolute atomic E-state index is 0.0208. The number of nitrogens with two attached hydrogens (primary N) is 1. The van der Waals surface area contributed by atoms with Crippen LogP contribution in [0.2, 0.25) is 0 Å². The first kappa shape index (κ1) is 13.5. The Labute approximate surface area is 101 Å². The Morgan fingerprint density at radius 2 is 2.00 bits per heavy atom. The summed E-state index contributed by atoms with van der Waals surface area (Å²) in [5, 5.41) is 10.5. The summed E-state index contributed by atoms with van der Waals surface area (Å²) in [5.41, 5.74) is 7.06. The number of benzene rings is 1. The van der Waals surface area contributed by atoms with E-state index in [9.17, 15) is 0 Å². The Balaban J connectivity index is 2.48. The highest BCUT2D eigenvalue weighted by atomic mass is 16.5. The van der Waals surface area contributed by atoms with Crippen LogP contribution in [0, 0.1) is 5.41 Å². The smallest absolute Gasteiger partial charge is 0.122 e. The van der Waals surface area contributed by atoms with E-state index in [1.165, 1.54) is 0 Å². The Kier molecular flexibility index (Phi) is 5.45. The second-order valence-electron chi connectivity index (χ2n) is 3.68. The summed E-state index contributed by atoms with van der Waals surface area (Å²) >= 11 is 0. The number of nitrogens with one attached hydrogen (secondary N) is 2. The van der Waals surface area contributed by atoms with E-state index in [1.807, 2.05) is 24.3 Å². The molecule has 1 unspecified atom stereocenters. The highest BCUT2D eigenvalue weighted by molar-refractivity contribution is 5.95.